The molecule has 0 spiro atoms. The van der Waals surface area contributed by atoms with E-state index in [-0.39, 0.29) is 6.29 Å². The fourth-order valence-electron chi connectivity index (χ4n) is 3.01. The van der Waals surface area contributed by atoms with Gasteiger partial charge in [-0.3, -0.25) is 4.57 Å². The zero-order valence-corrected chi connectivity index (χ0v) is 19.2. The van der Waals surface area contributed by atoms with Gasteiger partial charge in [-0.05, 0) is 56.1 Å². The van der Waals surface area contributed by atoms with Gasteiger partial charge in [-0.25, -0.2) is 0 Å². The molecule has 0 atom stereocenters. The Morgan fingerprint density at radius 1 is 1.00 bits per heavy atom. The molecule has 5 nitrogen and oxygen atoms in total. The molecular weight excluding hydrogens is 403 g/mol. The molecule has 0 amide bonds. The Bertz CT molecular complexity index is 807. The number of nitrogens with zero attached hydrogens (tertiary/aromatic N) is 1. The lowest BCUT2D eigenvalue weighted by atomic mass is 10.1. The number of rotatable bonds is 11. The Kier molecular flexibility index (Phi) is 9.82. The van der Waals surface area contributed by atoms with E-state index in [1.165, 1.54) is 11.1 Å². The van der Waals surface area contributed by atoms with Gasteiger partial charge in [0.25, 0.3) is 0 Å². The molecule has 0 saturated heterocycles. The number of anilines is 1. The Hall–Kier alpha value is -1.72. The van der Waals surface area contributed by atoms with E-state index in [4.69, 9.17) is 21.3 Å². The first-order valence-electron chi connectivity index (χ1n) is 10.1. The predicted molar refractivity (Wildman–Crippen MR) is 125 cm³/mol. The minimum absolute atomic E-state index is 0.113. The molecule has 29 heavy (non-hydrogen) atoms. The van der Waals surface area contributed by atoms with Gasteiger partial charge >= 0.3 is 7.60 Å². The summed E-state index contributed by atoms with van der Waals surface area (Å²) in [5.74, 6) is 0. The van der Waals surface area contributed by atoms with Gasteiger partial charge < -0.3 is 19.3 Å². The Balaban J connectivity index is 2.19. The van der Waals surface area contributed by atoms with Gasteiger partial charge in [0.05, 0.1) is 13.2 Å². The lowest BCUT2D eigenvalue weighted by Gasteiger charge is -2.29. The molecule has 0 bridgehead atoms. The van der Waals surface area contributed by atoms with Crippen LogP contribution in [0, 0.1) is 0 Å². The number of hydrogen-bond donors (Lipinski definition) is 1. The van der Waals surface area contributed by atoms with Crippen molar-refractivity contribution in [3.63, 3.8) is 0 Å². The molecule has 1 N–H and O–H groups in total. The highest BCUT2D eigenvalue weighted by Gasteiger charge is 2.28. The Morgan fingerprint density at radius 2 is 1.62 bits per heavy atom. The maximum absolute atomic E-state index is 13.1. The van der Waals surface area contributed by atoms with Crippen LogP contribution in [0.4, 0.5) is 5.69 Å². The summed E-state index contributed by atoms with van der Waals surface area (Å²) >= 11 is 5.70. The van der Waals surface area contributed by atoms with Crippen LogP contribution in [0.25, 0.3) is 0 Å². The molecule has 0 unspecified atom stereocenters. The third-order valence-electron chi connectivity index (χ3n) is 4.44. The normalized spacial score (nSPS) is 11.3. The van der Waals surface area contributed by atoms with Gasteiger partial charge in [-0.15, -0.1) is 0 Å². The van der Waals surface area contributed by atoms with Gasteiger partial charge in [0, 0.05) is 12.2 Å². The summed E-state index contributed by atoms with van der Waals surface area (Å²) in [7, 11) is -3.28. The number of hydrogen-bond acceptors (Lipinski definition) is 4. The van der Waals surface area contributed by atoms with Crippen LogP contribution >= 0.6 is 19.8 Å². The van der Waals surface area contributed by atoms with Crippen LogP contribution in [0.2, 0.25) is 0 Å². The molecule has 158 valence electrons. The zero-order valence-electron chi connectivity index (χ0n) is 17.5. The maximum atomic E-state index is 13.1. The molecule has 0 saturated carbocycles. The van der Waals surface area contributed by atoms with E-state index in [0.717, 1.165) is 18.5 Å². The first-order valence-corrected chi connectivity index (χ1v) is 12.2. The monoisotopic (exact) mass is 434 g/mol. The van der Waals surface area contributed by atoms with Crippen molar-refractivity contribution in [2.24, 2.45) is 0 Å². The van der Waals surface area contributed by atoms with Crippen LogP contribution in [0.1, 0.15) is 31.9 Å². The molecule has 0 aliphatic rings. The summed E-state index contributed by atoms with van der Waals surface area (Å²) in [4.78, 5) is 1.89. The highest BCUT2D eigenvalue weighted by Crippen LogP contribution is 2.48. The van der Waals surface area contributed by atoms with Gasteiger partial charge in [0.2, 0.25) is 0 Å². The molecule has 0 aromatic heterocycles. The number of aryl methyl sites for hydroxylation is 1. The van der Waals surface area contributed by atoms with Crippen LogP contribution in [-0.4, -0.2) is 36.1 Å². The average Bonchev–Trinajstić information content (AvgIpc) is 2.72. The fraction of sp³-hybridized carbons (Fsp3) is 0.409. The van der Waals surface area contributed by atoms with E-state index in [1.54, 1.807) is 0 Å². The van der Waals surface area contributed by atoms with Crippen molar-refractivity contribution in [2.75, 3.05) is 31.4 Å². The second-order valence-corrected chi connectivity index (χ2v) is 8.94. The van der Waals surface area contributed by atoms with E-state index in [0.29, 0.717) is 24.9 Å². The van der Waals surface area contributed by atoms with Crippen LogP contribution < -0.4 is 5.32 Å². The van der Waals surface area contributed by atoms with Crippen LogP contribution in [-0.2, 0) is 26.5 Å². The van der Waals surface area contributed by atoms with Crippen molar-refractivity contribution in [3.8, 4) is 0 Å². The molecule has 7 heteroatoms. The third-order valence-corrected chi connectivity index (χ3v) is 6.79. The molecule has 0 radical (unpaired) electrons. The van der Waals surface area contributed by atoms with Crippen LogP contribution in [0.5, 0.6) is 0 Å². The Labute approximate surface area is 179 Å². The topological polar surface area (TPSA) is 50.8 Å². The van der Waals surface area contributed by atoms with Gasteiger partial charge in [0.1, 0.15) is 6.29 Å². The first kappa shape index (κ1) is 23.6. The van der Waals surface area contributed by atoms with E-state index in [2.05, 4.69) is 30.4 Å². The summed E-state index contributed by atoms with van der Waals surface area (Å²) in [6.07, 6.45) is 1.78. The summed E-state index contributed by atoms with van der Waals surface area (Å²) in [6.45, 7) is 6.98. The lowest BCUT2D eigenvalue weighted by molar-refractivity contribution is 0.210. The lowest BCUT2D eigenvalue weighted by Crippen LogP contribution is -2.37. The third kappa shape index (κ3) is 7.56. The van der Waals surface area contributed by atoms with Crippen molar-refractivity contribution in [2.45, 2.75) is 33.6 Å². The second-order valence-electron chi connectivity index (χ2n) is 6.53. The van der Waals surface area contributed by atoms with Crippen molar-refractivity contribution < 1.29 is 13.6 Å². The van der Waals surface area contributed by atoms with Gasteiger partial charge in [-0.2, -0.15) is 0 Å². The molecule has 2 aromatic carbocycles. The van der Waals surface area contributed by atoms with E-state index < -0.39 is 7.60 Å². The van der Waals surface area contributed by atoms with E-state index in [9.17, 15) is 4.57 Å². The van der Waals surface area contributed by atoms with Crippen LogP contribution in [0.3, 0.4) is 0 Å². The van der Waals surface area contributed by atoms with Crippen molar-refractivity contribution >= 4 is 30.6 Å². The van der Waals surface area contributed by atoms with Crippen molar-refractivity contribution in [3.05, 3.63) is 65.7 Å². The van der Waals surface area contributed by atoms with E-state index in [1.807, 2.05) is 55.1 Å². The highest BCUT2D eigenvalue weighted by atomic mass is 32.1. The van der Waals surface area contributed by atoms with E-state index >= 15 is 0 Å². The largest absolute Gasteiger partial charge is 0.349 e. The molecular formula is C22H31N2O3PS. The predicted octanol–water partition coefficient (Wildman–Crippen LogP) is 5.71. The van der Waals surface area contributed by atoms with Gasteiger partial charge in [0.15, 0.2) is 5.11 Å². The molecule has 0 aliphatic heterocycles. The summed E-state index contributed by atoms with van der Waals surface area (Å²) in [5, 5.41) is 3.85. The fourth-order valence-corrected chi connectivity index (χ4v) is 5.10. The average molecular weight is 435 g/mol. The summed E-state index contributed by atoms with van der Waals surface area (Å²) in [5.41, 5.74) is 3.33. The molecule has 0 aliphatic carbocycles. The molecule has 2 aromatic rings. The van der Waals surface area contributed by atoms with Gasteiger partial charge in [-0.1, -0.05) is 55.5 Å². The van der Waals surface area contributed by atoms with Crippen molar-refractivity contribution in [1.82, 2.24) is 4.90 Å². The molecule has 0 fully saturated rings. The standard InChI is InChI=1S/C22H31N2O3PS/c1-4-20-14-10-11-15-21(20)23-22(29)24(17-16-19-12-8-7-9-13-19)18-28(25,26-5-2)27-6-3/h7-15H,4-6,16-18H2,1-3H3,(H,23,29). The van der Waals surface area contributed by atoms with Crippen molar-refractivity contribution in [1.29, 1.82) is 0 Å². The quantitative estimate of drug-likeness (QED) is 0.361. The zero-order chi connectivity index (χ0) is 21.1. The summed E-state index contributed by atoms with van der Waals surface area (Å²) in [6, 6.07) is 18.2. The van der Waals surface area contributed by atoms with Crippen LogP contribution in [0.15, 0.2) is 54.6 Å². The number of nitrogens with one attached hydrogen (secondary N) is 1. The minimum atomic E-state index is -3.28. The second kappa shape index (κ2) is 12.1. The molecule has 0 heterocycles. The minimum Gasteiger partial charge on any atom is -0.337 e. The molecule has 2 rings (SSSR count). The summed E-state index contributed by atoms with van der Waals surface area (Å²) < 4.78 is 24.1. The number of benzene rings is 2. The SMILES string of the molecule is CCOP(=O)(CN(CCc1ccccc1)C(=S)Nc1ccccc1CC)OCC. The maximum Gasteiger partial charge on any atom is 0.349 e. The number of thiocarbonyl (C=S) groups is 1. The first-order chi connectivity index (χ1) is 14.0. The number of para-hydroxylation sites is 1. The smallest absolute Gasteiger partial charge is 0.337 e. The highest BCUT2D eigenvalue weighted by molar-refractivity contribution is 7.80. The Morgan fingerprint density at radius 3 is 2.24 bits per heavy atom.